The first-order valence-electron chi connectivity index (χ1n) is 21.3. The number of fused-ring (bicyclic) bond motifs is 7. The van der Waals surface area contributed by atoms with Crippen LogP contribution in [0.1, 0.15) is 129 Å². The minimum atomic E-state index is -0.847. The smallest absolute Gasteiger partial charge is 0.335 e. The van der Waals surface area contributed by atoms with E-state index < -0.39 is 5.97 Å². The van der Waals surface area contributed by atoms with Crippen molar-refractivity contribution in [1.29, 1.82) is 0 Å². The summed E-state index contributed by atoms with van der Waals surface area (Å²) in [5.41, 5.74) is 4.29. The molecule has 1 aromatic rings. The van der Waals surface area contributed by atoms with E-state index in [-0.39, 0.29) is 16.4 Å². The van der Waals surface area contributed by atoms with E-state index >= 15 is 0 Å². The van der Waals surface area contributed by atoms with Crippen LogP contribution in [0, 0.1) is 51.2 Å². The summed E-state index contributed by atoms with van der Waals surface area (Å²) in [5.74, 6) is 5.49. The van der Waals surface area contributed by atoms with Crippen molar-refractivity contribution in [3.8, 4) is 0 Å². The van der Waals surface area contributed by atoms with Crippen molar-refractivity contribution < 1.29 is 9.90 Å². The standard InChI is InChI=1S/C46H73N3O2S/c1-10-52-30-28-49(29-31-52)27-26-47-46-21-11-12-35(32(2)48(8)9)40(46)37-17-18-39-43(5)22-19-36(33-13-15-34(16-14-33)41(50)51)42(3,4)38(43)20-23-45(39,7)44(37,6)24-25-46/h10,13-16,19,32,35,37-40,47H,11-12,17-18,20-31H2,1-9H3,(H,50,51)/t32?,35?,37-,38+,39-,40-,43+,44-,45-,46+/m1/s1. The highest BCUT2D eigenvalue weighted by Crippen LogP contribution is 2.76. The average molecular weight is 732 g/mol. The molecule has 4 saturated carbocycles. The van der Waals surface area contributed by atoms with Gasteiger partial charge in [0.1, 0.15) is 0 Å². The second kappa shape index (κ2) is 14.2. The molecule has 5 fully saturated rings. The Kier molecular flexibility index (Phi) is 10.6. The van der Waals surface area contributed by atoms with Gasteiger partial charge in [0.15, 0.2) is 0 Å². The minimum absolute atomic E-state index is 0.0442. The van der Waals surface area contributed by atoms with Crippen LogP contribution in [0.4, 0.5) is 0 Å². The monoisotopic (exact) mass is 732 g/mol. The van der Waals surface area contributed by atoms with Crippen molar-refractivity contribution in [2.24, 2.45) is 51.2 Å². The summed E-state index contributed by atoms with van der Waals surface area (Å²) in [7, 11) is 5.21. The summed E-state index contributed by atoms with van der Waals surface area (Å²) in [6, 6.07) is 8.31. The van der Waals surface area contributed by atoms with Gasteiger partial charge in [-0.25, -0.2) is 4.79 Å². The van der Waals surface area contributed by atoms with Gasteiger partial charge in [0.2, 0.25) is 0 Å². The van der Waals surface area contributed by atoms with Gasteiger partial charge in [0, 0.05) is 49.3 Å². The van der Waals surface area contributed by atoms with Crippen LogP contribution in [0.2, 0.25) is 0 Å². The zero-order valence-electron chi connectivity index (χ0n) is 34.4. The number of carboxylic acids is 1. The SMILES string of the molecule is CC=S1CCN(CCN[C@]23CCCC(C(C)N(C)C)[C@@H]2[C@H]2CC[C@@H]4[C@@]5(C)CC=C(c6ccc(C(=O)O)cc6)C(C)(C)[C@@H]5CC[C@@]4(C)[C@]2(C)CC3)CC1. The van der Waals surface area contributed by atoms with E-state index in [9.17, 15) is 9.90 Å². The number of nitrogens with one attached hydrogen (secondary N) is 1. The Labute approximate surface area is 320 Å². The first-order valence-corrected chi connectivity index (χ1v) is 22.9. The summed E-state index contributed by atoms with van der Waals surface area (Å²) < 4.78 is 0. The summed E-state index contributed by atoms with van der Waals surface area (Å²) in [5, 5.41) is 16.5. The Morgan fingerprint density at radius 1 is 0.962 bits per heavy atom. The van der Waals surface area contributed by atoms with E-state index in [1.807, 2.05) is 0 Å². The van der Waals surface area contributed by atoms with Gasteiger partial charge in [0.05, 0.1) is 5.56 Å². The summed E-state index contributed by atoms with van der Waals surface area (Å²) in [6.45, 7) is 23.0. The zero-order chi connectivity index (χ0) is 37.3. The topological polar surface area (TPSA) is 55.8 Å². The van der Waals surface area contributed by atoms with E-state index in [0.717, 1.165) is 36.6 Å². The first-order chi connectivity index (χ1) is 24.6. The number of aromatic carboxylic acids is 1. The number of allylic oxidation sites excluding steroid dienone is 2. The zero-order valence-corrected chi connectivity index (χ0v) is 35.2. The molecule has 5 nitrogen and oxygen atoms in total. The molecule has 2 unspecified atom stereocenters. The van der Waals surface area contributed by atoms with Gasteiger partial charge in [-0.2, -0.15) is 10.5 Å². The second-order valence-corrected chi connectivity index (χ2v) is 22.3. The number of hydrogen-bond acceptors (Lipinski definition) is 4. The van der Waals surface area contributed by atoms with Crippen LogP contribution in [-0.4, -0.2) is 89.6 Å². The number of hydrogen-bond donors (Lipinski definition) is 2. The molecule has 7 rings (SSSR count). The molecule has 5 aliphatic carbocycles. The Bertz CT molecular complexity index is 1540. The third-order valence-electron chi connectivity index (χ3n) is 17.8. The minimum Gasteiger partial charge on any atom is -0.478 e. The first kappa shape index (κ1) is 38.8. The van der Waals surface area contributed by atoms with Crippen molar-refractivity contribution in [2.45, 2.75) is 124 Å². The van der Waals surface area contributed by atoms with Crippen molar-refractivity contribution >= 4 is 27.4 Å². The number of nitrogens with zero attached hydrogens (tertiary/aromatic N) is 2. The summed E-state index contributed by atoms with van der Waals surface area (Å²) >= 11 is 0. The second-order valence-electron chi connectivity index (χ2n) is 20.0. The lowest BCUT2D eigenvalue weighted by atomic mass is 9.32. The van der Waals surface area contributed by atoms with Gasteiger partial charge in [-0.3, -0.25) is 0 Å². The van der Waals surface area contributed by atoms with Crippen LogP contribution in [0.3, 0.4) is 0 Å². The fourth-order valence-corrected chi connectivity index (χ4v) is 16.3. The maximum absolute atomic E-state index is 11.6. The van der Waals surface area contributed by atoms with Crippen LogP contribution >= 0.6 is 10.5 Å². The third kappa shape index (κ3) is 6.15. The highest BCUT2D eigenvalue weighted by Gasteiger charge is 2.70. The molecule has 6 heteroatoms. The van der Waals surface area contributed by atoms with Gasteiger partial charge >= 0.3 is 5.97 Å². The highest BCUT2D eigenvalue weighted by molar-refractivity contribution is 8.15. The van der Waals surface area contributed by atoms with Gasteiger partial charge in [-0.1, -0.05) is 64.6 Å². The van der Waals surface area contributed by atoms with Crippen molar-refractivity contribution in [2.75, 3.05) is 51.8 Å². The van der Waals surface area contributed by atoms with Crippen LogP contribution in [0.15, 0.2) is 30.3 Å². The summed E-state index contributed by atoms with van der Waals surface area (Å²) in [6.07, 6.45) is 16.0. The predicted octanol–water partition coefficient (Wildman–Crippen LogP) is 9.55. The van der Waals surface area contributed by atoms with E-state index in [1.165, 1.54) is 100 Å². The van der Waals surface area contributed by atoms with E-state index in [2.05, 4.69) is 101 Å². The van der Waals surface area contributed by atoms with Gasteiger partial charge in [-0.05, 0) is 160 Å². The molecule has 0 bridgehead atoms. The van der Waals surface area contributed by atoms with Crippen LogP contribution in [0.25, 0.3) is 5.57 Å². The van der Waals surface area contributed by atoms with E-state index in [4.69, 9.17) is 0 Å². The van der Waals surface area contributed by atoms with Crippen LogP contribution in [-0.2, 0) is 0 Å². The lowest BCUT2D eigenvalue weighted by molar-refractivity contribution is -0.231. The molecule has 1 aliphatic heterocycles. The average Bonchev–Trinajstić information content (AvgIpc) is 3.11. The molecule has 0 radical (unpaired) electrons. The molecule has 1 heterocycles. The van der Waals surface area contributed by atoms with Crippen LogP contribution < -0.4 is 5.32 Å². The predicted molar refractivity (Wildman–Crippen MR) is 222 cm³/mol. The Morgan fingerprint density at radius 2 is 1.67 bits per heavy atom. The van der Waals surface area contributed by atoms with Gasteiger partial charge in [0.25, 0.3) is 0 Å². The quantitative estimate of drug-likeness (QED) is 0.261. The third-order valence-corrected chi connectivity index (χ3v) is 19.8. The molecule has 1 saturated heterocycles. The van der Waals surface area contributed by atoms with Gasteiger partial charge < -0.3 is 20.2 Å². The van der Waals surface area contributed by atoms with Crippen LogP contribution in [0.5, 0.6) is 0 Å². The molecule has 6 aliphatic rings. The fourth-order valence-electron chi connectivity index (χ4n) is 14.6. The molecule has 1 aromatic carbocycles. The van der Waals surface area contributed by atoms with Crippen molar-refractivity contribution in [3.05, 3.63) is 41.5 Å². The molecule has 2 N–H and O–H groups in total. The Hall–Kier alpha value is -1.47. The molecule has 52 heavy (non-hydrogen) atoms. The molecular formula is C46H73N3O2S. The molecule has 290 valence electrons. The van der Waals surface area contributed by atoms with E-state index in [0.29, 0.717) is 38.8 Å². The Balaban J connectivity index is 1.17. The largest absolute Gasteiger partial charge is 0.478 e. The number of carboxylic acid groups (broad SMARTS) is 1. The summed E-state index contributed by atoms with van der Waals surface area (Å²) in [4.78, 5) is 16.9. The maximum Gasteiger partial charge on any atom is 0.335 e. The number of carbonyl (C=O) groups is 1. The lowest BCUT2D eigenvalue weighted by Gasteiger charge is -2.74. The van der Waals surface area contributed by atoms with Gasteiger partial charge in [-0.15, -0.1) is 0 Å². The molecular weight excluding hydrogens is 659 g/mol. The fraction of sp³-hybridized carbons (Fsp3) is 0.783. The maximum atomic E-state index is 11.6. The molecule has 0 aromatic heterocycles. The molecule has 0 spiro atoms. The molecule has 10 atom stereocenters. The number of rotatable bonds is 8. The molecule has 0 amide bonds. The Morgan fingerprint density at radius 3 is 2.33 bits per heavy atom. The van der Waals surface area contributed by atoms with Crippen molar-refractivity contribution in [1.82, 2.24) is 15.1 Å². The normalized spacial score (nSPS) is 41.2. The number of benzene rings is 1. The lowest BCUT2D eigenvalue weighted by Crippen LogP contribution is -2.71. The highest BCUT2D eigenvalue weighted by atomic mass is 32.2. The van der Waals surface area contributed by atoms with E-state index in [1.54, 1.807) is 12.1 Å². The van der Waals surface area contributed by atoms with Crippen molar-refractivity contribution in [3.63, 3.8) is 0 Å².